The molecule has 0 aromatic rings. The maximum Gasteiger partial charge on any atom is 0.326 e. The van der Waals surface area contributed by atoms with Gasteiger partial charge in [0, 0.05) is 6.54 Å². The van der Waals surface area contributed by atoms with E-state index in [9.17, 15) is 9.59 Å². The van der Waals surface area contributed by atoms with E-state index in [-0.39, 0.29) is 6.03 Å². The molecule has 0 aromatic carbocycles. The van der Waals surface area contributed by atoms with E-state index in [0.717, 1.165) is 19.3 Å². The normalized spacial score (nSPS) is 23.9. The SMILES string of the molecule is CCCCC(NC(=O)NCC1CCCC1C)C(=O)O. The van der Waals surface area contributed by atoms with Gasteiger partial charge in [-0.25, -0.2) is 9.59 Å². The van der Waals surface area contributed by atoms with Crippen LogP contribution in [0, 0.1) is 11.8 Å². The van der Waals surface area contributed by atoms with Crippen molar-refractivity contribution >= 4 is 12.0 Å². The molecule has 3 unspecified atom stereocenters. The van der Waals surface area contributed by atoms with Gasteiger partial charge in [-0.2, -0.15) is 0 Å². The zero-order valence-electron chi connectivity index (χ0n) is 11.9. The van der Waals surface area contributed by atoms with Crippen LogP contribution in [0.1, 0.15) is 52.4 Å². The van der Waals surface area contributed by atoms with Crippen molar-refractivity contribution in [1.29, 1.82) is 0 Å². The van der Waals surface area contributed by atoms with Crippen LogP contribution >= 0.6 is 0 Å². The van der Waals surface area contributed by atoms with Gasteiger partial charge in [-0.3, -0.25) is 0 Å². The Labute approximate surface area is 115 Å². The first-order valence-corrected chi connectivity index (χ1v) is 7.31. The van der Waals surface area contributed by atoms with E-state index in [0.29, 0.717) is 24.8 Å². The minimum absolute atomic E-state index is 0.359. The molecule has 1 rings (SSSR count). The minimum Gasteiger partial charge on any atom is -0.480 e. The highest BCUT2D eigenvalue weighted by Gasteiger charge is 2.24. The Kier molecular flexibility index (Phi) is 6.67. The maximum atomic E-state index is 11.7. The molecule has 0 aliphatic heterocycles. The number of carbonyl (C=O) groups is 2. The second-order valence-electron chi connectivity index (χ2n) is 5.56. The monoisotopic (exact) mass is 270 g/mol. The van der Waals surface area contributed by atoms with Crippen LogP contribution in [0.2, 0.25) is 0 Å². The summed E-state index contributed by atoms with van der Waals surface area (Å²) in [5, 5.41) is 14.4. The highest BCUT2D eigenvalue weighted by atomic mass is 16.4. The Balaban J connectivity index is 2.29. The second kappa shape index (κ2) is 8.02. The van der Waals surface area contributed by atoms with Crippen molar-refractivity contribution in [3.8, 4) is 0 Å². The van der Waals surface area contributed by atoms with Gasteiger partial charge >= 0.3 is 12.0 Å². The number of hydrogen-bond acceptors (Lipinski definition) is 2. The quantitative estimate of drug-likeness (QED) is 0.664. The summed E-state index contributed by atoms with van der Waals surface area (Å²) < 4.78 is 0. The van der Waals surface area contributed by atoms with Gasteiger partial charge in [0.2, 0.25) is 0 Å². The van der Waals surface area contributed by atoms with E-state index in [1.54, 1.807) is 0 Å². The lowest BCUT2D eigenvalue weighted by atomic mass is 9.98. The Morgan fingerprint density at radius 1 is 1.37 bits per heavy atom. The fourth-order valence-electron chi connectivity index (χ4n) is 2.62. The smallest absolute Gasteiger partial charge is 0.326 e. The Morgan fingerprint density at radius 3 is 2.63 bits per heavy atom. The van der Waals surface area contributed by atoms with Gasteiger partial charge in [-0.1, -0.05) is 39.5 Å². The molecule has 1 fully saturated rings. The van der Waals surface area contributed by atoms with E-state index in [4.69, 9.17) is 5.11 Å². The van der Waals surface area contributed by atoms with Crippen molar-refractivity contribution in [2.24, 2.45) is 11.8 Å². The van der Waals surface area contributed by atoms with Crippen LogP contribution < -0.4 is 10.6 Å². The maximum absolute atomic E-state index is 11.7. The molecule has 1 aliphatic carbocycles. The van der Waals surface area contributed by atoms with Crippen LogP contribution in [-0.4, -0.2) is 29.7 Å². The predicted molar refractivity (Wildman–Crippen MR) is 74.0 cm³/mol. The highest BCUT2D eigenvalue weighted by molar-refractivity contribution is 5.82. The average molecular weight is 270 g/mol. The summed E-state index contributed by atoms with van der Waals surface area (Å²) in [7, 11) is 0. The average Bonchev–Trinajstić information content (AvgIpc) is 2.77. The van der Waals surface area contributed by atoms with Gasteiger partial charge in [0.1, 0.15) is 6.04 Å². The molecule has 1 saturated carbocycles. The van der Waals surface area contributed by atoms with Gasteiger partial charge < -0.3 is 15.7 Å². The molecule has 19 heavy (non-hydrogen) atoms. The Bertz CT molecular complexity index is 307. The number of carboxylic acid groups (broad SMARTS) is 1. The van der Waals surface area contributed by atoms with Gasteiger partial charge in [-0.15, -0.1) is 0 Å². The summed E-state index contributed by atoms with van der Waals surface area (Å²) in [5.41, 5.74) is 0. The minimum atomic E-state index is -0.960. The molecule has 0 bridgehead atoms. The molecular weight excluding hydrogens is 244 g/mol. The predicted octanol–water partition coefficient (Wildman–Crippen LogP) is 2.37. The summed E-state index contributed by atoms with van der Waals surface area (Å²) in [6.07, 6.45) is 5.81. The number of hydrogen-bond donors (Lipinski definition) is 3. The Hall–Kier alpha value is -1.26. The lowest BCUT2D eigenvalue weighted by molar-refractivity contribution is -0.139. The lowest BCUT2D eigenvalue weighted by Crippen LogP contribution is -2.47. The Morgan fingerprint density at radius 2 is 2.11 bits per heavy atom. The molecule has 0 spiro atoms. The summed E-state index contributed by atoms with van der Waals surface area (Å²) in [6.45, 7) is 4.85. The van der Waals surface area contributed by atoms with Crippen LogP contribution in [0.5, 0.6) is 0 Å². The van der Waals surface area contributed by atoms with Crippen LogP contribution in [0.15, 0.2) is 0 Å². The number of unbranched alkanes of at least 4 members (excludes halogenated alkanes) is 1. The fourth-order valence-corrected chi connectivity index (χ4v) is 2.62. The fraction of sp³-hybridized carbons (Fsp3) is 0.857. The summed E-state index contributed by atoms with van der Waals surface area (Å²) >= 11 is 0. The van der Waals surface area contributed by atoms with Crippen molar-refractivity contribution in [2.75, 3.05) is 6.54 Å². The van der Waals surface area contributed by atoms with Crippen molar-refractivity contribution < 1.29 is 14.7 Å². The van der Waals surface area contributed by atoms with Crippen LogP contribution in [0.25, 0.3) is 0 Å². The van der Waals surface area contributed by atoms with Crippen molar-refractivity contribution in [2.45, 2.75) is 58.4 Å². The molecule has 1 aliphatic rings. The van der Waals surface area contributed by atoms with Gasteiger partial charge in [-0.05, 0) is 24.7 Å². The second-order valence-corrected chi connectivity index (χ2v) is 5.56. The van der Waals surface area contributed by atoms with Gasteiger partial charge in [0.25, 0.3) is 0 Å². The molecule has 0 heterocycles. The zero-order chi connectivity index (χ0) is 14.3. The first kappa shape index (κ1) is 15.8. The molecule has 0 aromatic heterocycles. The number of nitrogens with one attached hydrogen (secondary N) is 2. The van der Waals surface area contributed by atoms with Gasteiger partial charge in [0.05, 0.1) is 0 Å². The third-order valence-electron chi connectivity index (χ3n) is 4.01. The number of carboxylic acids is 1. The number of aliphatic carboxylic acids is 1. The molecule has 3 atom stereocenters. The number of carbonyl (C=O) groups excluding carboxylic acids is 1. The van der Waals surface area contributed by atoms with Crippen LogP contribution in [-0.2, 0) is 4.79 Å². The molecule has 0 saturated heterocycles. The van der Waals surface area contributed by atoms with Crippen molar-refractivity contribution in [3.63, 3.8) is 0 Å². The molecule has 110 valence electrons. The van der Waals surface area contributed by atoms with Crippen LogP contribution in [0.4, 0.5) is 4.79 Å². The first-order chi connectivity index (χ1) is 9.04. The van der Waals surface area contributed by atoms with E-state index < -0.39 is 12.0 Å². The molecule has 5 heteroatoms. The molecule has 5 nitrogen and oxygen atoms in total. The zero-order valence-corrected chi connectivity index (χ0v) is 11.9. The summed E-state index contributed by atoms with van der Waals surface area (Å²) in [4.78, 5) is 22.7. The molecule has 0 radical (unpaired) electrons. The third-order valence-corrected chi connectivity index (χ3v) is 4.01. The summed E-state index contributed by atoms with van der Waals surface area (Å²) in [6, 6.07) is -1.14. The number of urea groups is 1. The summed E-state index contributed by atoms with van der Waals surface area (Å²) in [5.74, 6) is 0.221. The highest BCUT2D eigenvalue weighted by Crippen LogP contribution is 2.30. The largest absolute Gasteiger partial charge is 0.480 e. The van der Waals surface area contributed by atoms with Crippen molar-refractivity contribution in [1.82, 2.24) is 10.6 Å². The van der Waals surface area contributed by atoms with Gasteiger partial charge in [0.15, 0.2) is 0 Å². The molecular formula is C14H26N2O3. The van der Waals surface area contributed by atoms with E-state index in [1.807, 2.05) is 6.92 Å². The number of amides is 2. The van der Waals surface area contributed by atoms with E-state index in [2.05, 4.69) is 17.6 Å². The number of rotatable bonds is 7. The van der Waals surface area contributed by atoms with E-state index in [1.165, 1.54) is 12.8 Å². The first-order valence-electron chi connectivity index (χ1n) is 7.31. The van der Waals surface area contributed by atoms with E-state index >= 15 is 0 Å². The molecule has 2 amide bonds. The topological polar surface area (TPSA) is 78.4 Å². The standard InChI is InChI=1S/C14H26N2O3/c1-3-4-8-12(13(17)18)16-14(19)15-9-11-7-5-6-10(11)2/h10-12H,3-9H2,1-2H3,(H,17,18)(H2,15,16,19). The van der Waals surface area contributed by atoms with Crippen LogP contribution in [0.3, 0.4) is 0 Å². The third kappa shape index (κ3) is 5.49. The van der Waals surface area contributed by atoms with Crippen molar-refractivity contribution in [3.05, 3.63) is 0 Å². The molecule has 3 N–H and O–H groups in total. The lowest BCUT2D eigenvalue weighted by Gasteiger charge is -2.18.